The third-order valence-electron chi connectivity index (χ3n) is 4.11. The number of nitrogens with zero attached hydrogens (tertiary/aromatic N) is 4. The maximum absolute atomic E-state index is 12.4. The van der Waals surface area contributed by atoms with Crippen LogP contribution in [0.4, 0.5) is 5.13 Å². The summed E-state index contributed by atoms with van der Waals surface area (Å²) in [5.41, 5.74) is 0.419. The molecule has 4 heterocycles. The van der Waals surface area contributed by atoms with Gasteiger partial charge in [0.15, 0.2) is 0 Å². The fourth-order valence-electron chi connectivity index (χ4n) is 2.79. The quantitative estimate of drug-likeness (QED) is 0.846. The van der Waals surface area contributed by atoms with Crippen molar-refractivity contribution >= 4 is 33.7 Å². The highest BCUT2D eigenvalue weighted by molar-refractivity contribution is 7.15. The van der Waals surface area contributed by atoms with E-state index in [9.17, 15) is 4.79 Å². The van der Waals surface area contributed by atoms with Crippen molar-refractivity contribution in [3.8, 4) is 0 Å². The molecule has 0 bridgehead atoms. The third-order valence-corrected chi connectivity index (χ3v) is 5.88. The van der Waals surface area contributed by atoms with Crippen LogP contribution in [0.3, 0.4) is 0 Å². The van der Waals surface area contributed by atoms with Crippen LogP contribution in [0.5, 0.6) is 0 Å². The van der Waals surface area contributed by atoms with E-state index in [2.05, 4.69) is 25.4 Å². The Kier molecular flexibility index (Phi) is 5.32. The second-order valence-corrected chi connectivity index (χ2v) is 7.87. The van der Waals surface area contributed by atoms with Gasteiger partial charge in [0.05, 0.1) is 19.8 Å². The Morgan fingerprint density at radius 1 is 1.32 bits per heavy atom. The number of amides is 1. The minimum Gasteiger partial charge on any atom is -0.379 e. The Labute approximate surface area is 153 Å². The zero-order valence-electron chi connectivity index (χ0n) is 13.6. The second-order valence-electron chi connectivity index (χ2n) is 5.92. The summed E-state index contributed by atoms with van der Waals surface area (Å²) < 4.78 is 10.9. The number of nitrogens with one attached hydrogen (secondary N) is 1. The number of aromatic nitrogens is 3. The molecule has 4 rings (SSSR count). The van der Waals surface area contributed by atoms with Crippen LogP contribution in [-0.2, 0) is 16.0 Å². The molecule has 2 fully saturated rings. The van der Waals surface area contributed by atoms with Crippen molar-refractivity contribution in [2.75, 3.05) is 38.2 Å². The zero-order valence-corrected chi connectivity index (χ0v) is 15.3. The summed E-state index contributed by atoms with van der Waals surface area (Å²) in [4.78, 5) is 19.1. The third kappa shape index (κ3) is 4.21. The smallest absolute Gasteiger partial charge is 0.276 e. The van der Waals surface area contributed by atoms with Crippen molar-refractivity contribution in [1.82, 2.24) is 20.1 Å². The van der Waals surface area contributed by atoms with E-state index in [0.29, 0.717) is 10.8 Å². The Morgan fingerprint density at radius 2 is 2.20 bits per heavy atom. The predicted octanol–water partition coefficient (Wildman–Crippen LogP) is 1.93. The highest BCUT2D eigenvalue weighted by Gasteiger charge is 2.23. The van der Waals surface area contributed by atoms with E-state index in [0.717, 1.165) is 62.3 Å². The van der Waals surface area contributed by atoms with Gasteiger partial charge in [0, 0.05) is 25.1 Å². The second kappa shape index (κ2) is 7.83. The predicted molar refractivity (Wildman–Crippen MR) is 94.0 cm³/mol. The van der Waals surface area contributed by atoms with Gasteiger partial charge < -0.3 is 9.47 Å². The van der Waals surface area contributed by atoms with E-state index in [1.54, 1.807) is 5.38 Å². The lowest BCUT2D eigenvalue weighted by molar-refractivity contribution is 0.0341. The SMILES string of the molecule is O=C(Nc1nnc(C2CCCO2)s1)c1csc(CN2CCOCC2)n1. The molecular weight excluding hydrogens is 362 g/mol. The van der Waals surface area contributed by atoms with Gasteiger partial charge in [-0.1, -0.05) is 11.3 Å². The molecule has 0 spiro atoms. The van der Waals surface area contributed by atoms with E-state index in [4.69, 9.17) is 9.47 Å². The van der Waals surface area contributed by atoms with Crippen molar-refractivity contribution in [2.45, 2.75) is 25.5 Å². The van der Waals surface area contributed by atoms with Gasteiger partial charge in [0.25, 0.3) is 5.91 Å². The van der Waals surface area contributed by atoms with Gasteiger partial charge in [-0.15, -0.1) is 21.5 Å². The molecule has 134 valence electrons. The van der Waals surface area contributed by atoms with Gasteiger partial charge in [0.2, 0.25) is 5.13 Å². The monoisotopic (exact) mass is 381 g/mol. The lowest BCUT2D eigenvalue weighted by Crippen LogP contribution is -2.35. The van der Waals surface area contributed by atoms with Gasteiger partial charge >= 0.3 is 0 Å². The van der Waals surface area contributed by atoms with E-state index in [1.807, 2.05) is 0 Å². The summed E-state index contributed by atoms with van der Waals surface area (Å²) in [5, 5.41) is 15.0. The molecule has 2 saturated heterocycles. The van der Waals surface area contributed by atoms with Crippen molar-refractivity contribution in [3.63, 3.8) is 0 Å². The fourth-order valence-corrected chi connectivity index (χ4v) is 4.43. The van der Waals surface area contributed by atoms with E-state index >= 15 is 0 Å². The molecule has 2 aromatic rings. The normalized spacial score (nSPS) is 21.5. The molecule has 0 aliphatic carbocycles. The maximum atomic E-state index is 12.4. The Morgan fingerprint density at radius 3 is 3.00 bits per heavy atom. The molecule has 25 heavy (non-hydrogen) atoms. The summed E-state index contributed by atoms with van der Waals surface area (Å²) in [6, 6.07) is 0. The number of morpholine rings is 1. The maximum Gasteiger partial charge on any atom is 0.276 e. The number of hydrogen-bond acceptors (Lipinski definition) is 9. The van der Waals surface area contributed by atoms with Crippen molar-refractivity contribution in [2.24, 2.45) is 0 Å². The first-order valence-electron chi connectivity index (χ1n) is 8.29. The summed E-state index contributed by atoms with van der Waals surface area (Å²) >= 11 is 2.86. The van der Waals surface area contributed by atoms with Crippen LogP contribution in [0.25, 0.3) is 0 Å². The molecule has 2 aliphatic heterocycles. The van der Waals surface area contributed by atoms with Gasteiger partial charge in [0.1, 0.15) is 21.8 Å². The van der Waals surface area contributed by atoms with Gasteiger partial charge in [-0.05, 0) is 12.8 Å². The van der Waals surface area contributed by atoms with E-state index in [1.165, 1.54) is 22.7 Å². The Balaban J connectivity index is 1.34. The largest absolute Gasteiger partial charge is 0.379 e. The van der Waals surface area contributed by atoms with Crippen LogP contribution in [0, 0.1) is 0 Å². The molecule has 1 amide bonds. The highest BCUT2D eigenvalue weighted by atomic mass is 32.1. The molecule has 1 atom stereocenters. The summed E-state index contributed by atoms with van der Waals surface area (Å²) in [6.07, 6.45) is 2.01. The van der Waals surface area contributed by atoms with Crippen LogP contribution >= 0.6 is 22.7 Å². The molecule has 0 saturated carbocycles. The molecule has 1 unspecified atom stereocenters. The topological polar surface area (TPSA) is 89.5 Å². The molecule has 2 aromatic heterocycles. The number of hydrogen-bond donors (Lipinski definition) is 1. The first-order chi connectivity index (χ1) is 12.3. The number of carbonyl (C=O) groups excluding carboxylic acids is 1. The average molecular weight is 381 g/mol. The molecule has 0 radical (unpaired) electrons. The molecule has 0 aromatic carbocycles. The van der Waals surface area contributed by atoms with Crippen LogP contribution in [0.1, 0.15) is 39.4 Å². The van der Waals surface area contributed by atoms with Gasteiger partial charge in [-0.25, -0.2) is 4.98 Å². The van der Waals surface area contributed by atoms with Crippen molar-refractivity contribution in [1.29, 1.82) is 0 Å². The summed E-state index contributed by atoms with van der Waals surface area (Å²) in [5.74, 6) is -0.250. The average Bonchev–Trinajstić information content (AvgIpc) is 3.37. The van der Waals surface area contributed by atoms with E-state index in [-0.39, 0.29) is 12.0 Å². The lowest BCUT2D eigenvalue weighted by Gasteiger charge is -2.25. The summed E-state index contributed by atoms with van der Waals surface area (Å²) in [7, 11) is 0. The van der Waals surface area contributed by atoms with Crippen molar-refractivity contribution in [3.05, 3.63) is 21.1 Å². The highest BCUT2D eigenvalue weighted by Crippen LogP contribution is 2.32. The zero-order chi connectivity index (χ0) is 17.1. The Bertz CT molecular complexity index is 722. The van der Waals surface area contributed by atoms with Gasteiger partial charge in [-0.2, -0.15) is 0 Å². The fraction of sp³-hybridized carbons (Fsp3) is 0.600. The number of carbonyl (C=O) groups is 1. The van der Waals surface area contributed by atoms with Crippen LogP contribution < -0.4 is 5.32 Å². The van der Waals surface area contributed by atoms with Crippen LogP contribution in [0.2, 0.25) is 0 Å². The number of rotatable bonds is 5. The molecule has 10 heteroatoms. The standard InChI is InChI=1S/C15H19N5O3S2/c21-13(17-15-19-18-14(25-15)11-2-1-5-23-11)10-9-24-12(16-10)8-20-3-6-22-7-4-20/h9,11H,1-8H2,(H,17,19,21). The summed E-state index contributed by atoms with van der Waals surface area (Å²) in [6.45, 7) is 4.82. The van der Waals surface area contributed by atoms with Crippen molar-refractivity contribution < 1.29 is 14.3 Å². The molecule has 2 aliphatic rings. The Hall–Kier alpha value is -1.46. The lowest BCUT2D eigenvalue weighted by atomic mass is 10.2. The van der Waals surface area contributed by atoms with Crippen LogP contribution in [-0.4, -0.2) is 58.9 Å². The minimum atomic E-state index is -0.250. The first-order valence-corrected chi connectivity index (χ1v) is 9.98. The molecule has 1 N–H and O–H groups in total. The minimum absolute atomic E-state index is 0.0162. The number of ether oxygens (including phenoxy) is 2. The first kappa shape index (κ1) is 17.0. The molecular formula is C15H19N5O3S2. The van der Waals surface area contributed by atoms with Crippen LogP contribution in [0.15, 0.2) is 5.38 Å². The van der Waals surface area contributed by atoms with E-state index < -0.39 is 0 Å². The number of anilines is 1. The van der Waals surface area contributed by atoms with Gasteiger partial charge in [-0.3, -0.25) is 15.0 Å². The number of thiazole rings is 1. The molecule has 8 nitrogen and oxygen atoms in total.